The van der Waals surface area contributed by atoms with Crippen molar-refractivity contribution in [2.45, 2.75) is 33.9 Å². The Kier molecular flexibility index (Phi) is 5.18. The molecule has 152 valence electrons. The highest BCUT2D eigenvalue weighted by Crippen LogP contribution is 2.20. The first kappa shape index (κ1) is 19.6. The molecule has 0 saturated carbocycles. The lowest BCUT2D eigenvalue weighted by molar-refractivity contribution is -0.146. The second kappa shape index (κ2) is 7.94. The first-order valence-corrected chi connectivity index (χ1v) is 9.66. The van der Waals surface area contributed by atoms with Crippen LogP contribution in [0, 0.1) is 20.8 Å². The Morgan fingerprint density at radius 2 is 1.83 bits per heavy atom. The van der Waals surface area contributed by atoms with Crippen LogP contribution in [0.3, 0.4) is 0 Å². The maximum Gasteiger partial charge on any atom is 0.328 e. The highest BCUT2D eigenvalue weighted by atomic mass is 16.5. The zero-order valence-electron chi connectivity index (χ0n) is 17.1. The number of rotatable bonds is 5. The minimum Gasteiger partial charge on any atom is -0.459 e. The molecule has 0 unspecified atom stereocenters. The molecule has 4 rings (SSSR count). The van der Waals surface area contributed by atoms with Crippen molar-refractivity contribution < 1.29 is 9.53 Å². The molecular weight excluding hydrogens is 380 g/mol. The molecule has 7 heteroatoms. The van der Waals surface area contributed by atoms with Crippen molar-refractivity contribution in [1.82, 2.24) is 19.6 Å². The van der Waals surface area contributed by atoms with Gasteiger partial charge in [0.2, 0.25) is 0 Å². The van der Waals surface area contributed by atoms with E-state index in [0.717, 1.165) is 27.1 Å². The first-order valence-electron chi connectivity index (χ1n) is 9.66. The fraction of sp³-hybridized carbons (Fsp3) is 0.217. The maximum absolute atomic E-state index is 13.2. The van der Waals surface area contributed by atoms with Crippen molar-refractivity contribution in [3.05, 3.63) is 87.5 Å². The second-order valence-electron chi connectivity index (χ2n) is 7.30. The van der Waals surface area contributed by atoms with Crippen molar-refractivity contribution in [1.29, 1.82) is 0 Å². The summed E-state index contributed by atoms with van der Waals surface area (Å²) >= 11 is 0. The number of aryl methyl sites for hydroxylation is 3. The molecule has 2 heterocycles. The molecule has 4 aromatic rings. The number of ether oxygens (including phenoxy) is 1. The van der Waals surface area contributed by atoms with Crippen LogP contribution < -0.4 is 5.56 Å². The van der Waals surface area contributed by atoms with E-state index in [-0.39, 0.29) is 18.7 Å². The number of aromatic nitrogens is 4. The van der Waals surface area contributed by atoms with Gasteiger partial charge in [-0.05, 0) is 38.0 Å². The van der Waals surface area contributed by atoms with Gasteiger partial charge < -0.3 is 4.74 Å². The minimum atomic E-state index is -0.523. The number of nitrogens with zero attached hydrogens (tertiary/aromatic N) is 4. The molecule has 0 aliphatic rings. The van der Waals surface area contributed by atoms with E-state index in [9.17, 15) is 9.59 Å². The molecule has 30 heavy (non-hydrogen) atoms. The first-order chi connectivity index (χ1) is 14.4. The summed E-state index contributed by atoms with van der Waals surface area (Å²) < 4.78 is 8.07. The van der Waals surface area contributed by atoms with Gasteiger partial charge in [0.1, 0.15) is 18.7 Å². The molecule has 0 fully saturated rings. The van der Waals surface area contributed by atoms with Crippen molar-refractivity contribution in [2.75, 3.05) is 0 Å². The van der Waals surface area contributed by atoms with Gasteiger partial charge in [0.15, 0.2) is 0 Å². The number of hydrogen-bond donors (Lipinski definition) is 0. The third kappa shape index (κ3) is 3.74. The van der Waals surface area contributed by atoms with Gasteiger partial charge in [-0.3, -0.25) is 9.59 Å². The predicted octanol–water partition coefficient (Wildman–Crippen LogP) is 3.25. The third-order valence-electron chi connectivity index (χ3n) is 4.97. The van der Waals surface area contributed by atoms with E-state index >= 15 is 0 Å². The lowest BCUT2D eigenvalue weighted by Gasteiger charge is -2.10. The van der Waals surface area contributed by atoms with Crippen LogP contribution in [-0.2, 0) is 22.7 Å². The topological polar surface area (TPSA) is 79.0 Å². The molecule has 0 radical (unpaired) electrons. The summed E-state index contributed by atoms with van der Waals surface area (Å²) in [7, 11) is 0. The molecule has 0 amide bonds. The quantitative estimate of drug-likeness (QED) is 0.479. The fourth-order valence-electron chi connectivity index (χ4n) is 3.46. The molecule has 0 spiro atoms. The van der Waals surface area contributed by atoms with E-state index < -0.39 is 5.97 Å². The molecular formula is C23H22N4O3. The highest BCUT2D eigenvalue weighted by molar-refractivity contribution is 5.82. The van der Waals surface area contributed by atoms with Crippen LogP contribution in [0.4, 0.5) is 0 Å². The second-order valence-corrected chi connectivity index (χ2v) is 7.30. The molecule has 0 aliphatic heterocycles. The number of esters is 1. The van der Waals surface area contributed by atoms with E-state index in [1.165, 1.54) is 0 Å². The summed E-state index contributed by atoms with van der Waals surface area (Å²) in [6, 6.07) is 15.3. The molecule has 0 N–H and O–H groups in total. The number of carbonyl (C=O) groups excluding carboxylic acids is 1. The lowest BCUT2D eigenvalue weighted by Crippen LogP contribution is -2.29. The average molecular weight is 402 g/mol. The van der Waals surface area contributed by atoms with Crippen molar-refractivity contribution >= 4 is 16.9 Å². The van der Waals surface area contributed by atoms with Gasteiger partial charge in [-0.1, -0.05) is 48.0 Å². The number of hydrogen-bond acceptors (Lipinski definition) is 5. The van der Waals surface area contributed by atoms with Gasteiger partial charge in [0.25, 0.3) is 5.56 Å². The normalized spacial score (nSPS) is 11.0. The molecule has 2 aromatic heterocycles. The van der Waals surface area contributed by atoms with Gasteiger partial charge >= 0.3 is 5.97 Å². The third-order valence-corrected chi connectivity index (χ3v) is 4.97. The molecule has 7 nitrogen and oxygen atoms in total. The van der Waals surface area contributed by atoms with Crippen LogP contribution in [0.1, 0.15) is 22.4 Å². The minimum absolute atomic E-state index is 0.149. The largest absolute Gasteiger partial charge is 0.459 e. The van der Waals surface area contributed by atoms with Gasteiger partial charge in [0.05, 0.1) is 17.6 Å². The molecule has 0 aliphatic carbocycles. The Balaban J connectivity index is 1.67. The smallest absolute Gasteiger partial charge is 0.328 e. The van der Waals surface area contributed by atoms with E-state index in [0.29, 0.717) is 16.6 Å². The number of benzene rings is 2. The Bertz CT molecular complexity index is 1290. The SMILES string of the molecule is Cc1ccc(-n2ncc3c(C)nn(CC(=O)OCc4ccccc4)c(=O)c32)c(C)c1. The van der Waals surface area contributed by atoms with Gasteiger partial charge in [-0.15, -0.1) is 0 Å². The van der Waals surface area contributed by atoms with E-state index in [4.69, 9.17) is 4.74 Å². The van der Waals surface area contributed by atoms with Crippen molar-refractivity contribution in [3.63, 3.8) is 0 Å². The van der Waals surface area contributed by atoms with Crippen molar-refractivity contribution in [2.24, 2.45) is 0 Å². The maximum atomic E-state index is 13.2. The summed E-state index contributed by atoms with van der Waals surface area (Å²) in [6.07, 6.45) is 1.64. The van der Waals surface area contributed by atoms with Crippen LogP contribution in [-0.4, -0.2) is 25.5 Å². The summed E-state index contributed by atoms with van der Waals surface area (Å²) in [6.45, 7) is 5.67. The summed E-state index contributed by atoms with van der Waals surface area (Å²) in [5.41, 5.74) is 4.46. The molecule has 0 bridgehead atoms. The average Bonchev–Trinajstić information content (AvgIpc) is 3.17. The van der Waals surface area contributed by atoms with Crippen LogP contribution in [0.15, 0.2) is 59.5 Å². The highest BCUT2D eigenvalue weighted by Gasteiger charge is 2.18. The fourth-order valence-corrected chi connectivity index (χ4v) is 3.46. The number of fused-ring (bicyclic) bond motifs is 1. The van der Waals surface area contributed by atoms with Crippen molar-refractivity contribution in [3.8, 4) is 5.69 Å². The van der Waals surface area contributed by atoms with Gasteiger partial charge in [0, 0.05) is 5.39 Å². The Morgan fingerprint density at radius 1 is 1.07 bits per heavy atom. The lowest BCUT2D eigenvalue weighted by atomic mass is 10.1. The number of carbonyl (C=O) groups is 1. The molecule has 2 aromatic carbocycles. The van der Waals surface area contributed by atoms with E-state index in [2.05, 4.69) is 10.2 Å². The Morgan fingerprint density at radius 3 is 2.57 bits per heavy atom. The van der Waals surface area contributed by atoms with E-state index in [1.54, 1.807) is 17.8 Å². The Hall–Kier alpha value is -3.74. The predicted molar refractivity (Wildman–Crippen MR) is 114 cm³/mol. The van der Waals surface area contributed by atoms with Crippen LogP contribution in [0.2, 0.25) is 0 Å². The summed E-state index contributed by atoms with van der Waals surface area (Å²) in [5.74, 6) is -0.523. The standard InChI is InChI=1S/C23H22N4O3/c1-15-9-10-20(16(2)11-15)27-22-19(12-24-27)17(3)25-26(23(22)29)13-21(28)30-14-18-7-5-4-6-8-18/h4-12H,13-14H2,1-3H3. The summed E-state index contributed by atoms with van der Waals surface area (Å²) in [4.78, 5) is 25.5. The monoisotopic (exact) mass is 402 g/mol. The van der Waals surface area contributed by atoms with Crippen LogP contribution in [0.25, 0.3) is 16.6 Å². The molecule has 0 atom stereocenters. The zero-order chi connectivity index (χ0) is 21.3. The van der Waals surface area contributed by atoms with Crippen LogP contribution >= 0.6 is 0 Å². The van der Waals surface area contributed by atoms with Crippen LogP contribution in [0.5, 0.6) is 0 Å². The van der Waals surface area contributed by atoms with Gasteiger partial charge in [-0.25, -0.2) is 9.36 Å². The Labute approximate surface area is 173 Å². The zero-order valence-corrected chi connectivity index (χ0v) is 17.1. The van der Waals surface area contributed by atoms with Gasteiger partial charge in [-0.2, -0.15) is 10.2 Å². The molecule has 0 saturated heterocycles. The van der Waals surface area contributed by atoms with E-state index in [1.807, 2.05) is 62.4 Å². The summed E-state index contributed by atoms with van der Waals surface area (Å²) in [5, 5.41) is 9.37.